The van der Waals surface area contributed by atoms with Crippen molar-refractivity contribution in [3.8, 4) is 5.75 Å². The highest BCUT2D eigenvalue weighted by molar-refractivity contribution is 5.90. The third kappa shape index (κ3) is 1.54. The molecule has 18 heavy (non-hydrogen) atoms. The molecule has 2 aromatic carbocycles. The fraction of sp³-hybridized carbons (Fsp3) is 0.0714. The van der Waals surface area contributed by atoms with Crippen LogP contribution in [-0.2, 0) is 0 Å². The molecule has 0 spiro atoms. The molecule has 3 nitrogen and oxygen atoms in total. The van der Waals surface area contributed by atoms with Crippen LogP contribution in [-0.4, -0.2) is 7.11 Å². The predicted octanol–water partition coefficient (Wildman–Crippen LogP) is 3.09. The Bertz CT molecular complexity index is 805. The molecule has 0 radical (unpaired) electrons. The van der Waals surface area contributed by atoms with Gasteiger partial charge in [-0.3, -0.25) is 4.79 Å². The maximum atomic E-state index is 13.1. The van der Waals surface area contributed by atoms with Gasteiger partial charge in [0.25, 0.3) is 0 Å². The molecule has 0 N–H and O–H groups in total. The van der Waals surface area contributed by atoms with E-state index in [0.717, 1.165) is 0 Å². The first-order valence-corrected chi connectivity index (χ1v) is 5.39. The van der Waals surface area contributed by atoms with Crippen molar-refractivity contribution >= 4 is 21.9 Å². The van der Waals surface area contributed by atoms with Crippen molar-refractivity contribution in [2.45, 2.75) is 0 Å². The van der Waals surface area contributed by atoms with Gasteiger partial charge in [-0.2, -0.15) is 0 Å². The summed E-state index contributed by atoms with van der Waals surface area (Å²) in [5.41, 5.74) is 0.451. The number of halogens is 1. The van der Waals surface area contributed by atoms with E-state index in [9.17, 15) is 9.18 Å². The van der Waals surface area contributed by atoms with Crippen molar-refractivity contribution < 1.29 is 13.5 Å². The van der Waals surface area contributed by atoms with Crippen molar-refractivity contribution in [2.24, 2.45) is 0 Å². The molecule has 0 aliphatic heterocycles. The molecule has 1 heterocycles. The third-order valence-electron chi connectivity index (χ3n) is 2.84. The number of hydrogen-bond donors (Lipinski definition) is 0. The smallest absolute Gasteiger partial charge is 0.200 e. The molecule has 0 saturated carbocycles. The maximum absolute atomic E-state index is 13.1. The molecule has 3 aromatic rings. The number of rotatable bonds is 1. The highest BCUT2D eigenvalue weighted by Gasteiger charge is 2.09. The minimum atomic E-state index is -0.437. The fourth-order valence-electron chi connectivity index (χ4n) is 1.93. The van der Waals surface area contributed by atoms with Crippen LogP contribution in [0, 0.1) is 5.82 Å². The predicted molar refractivity (Wildman–Crippen MR) is 66.5 cm³/mol. The van der Waals surface area contributed by atoms with Crippen molar-refractivity contribution in [3.05, 3.63) is 52.4 Å². The van der Waals surface area contributed by atoms with Crippen LogP contribution in [0.25, 0.3) is 21.9 Å². The molecule has 0 atom stereocenters. The van der Waals surface area contributed by atoms with E-state index < -0.39 is 5.82 Å². The fourth-order valence-corrected chi connectivity index (χ4v) is 1.93. The summed E-state index contributed by atoms with van der Waals surface area (Å²) in [6.45, 7) is 0. The van der Waals surface area contributed by atoms with E-state index in [-0.39, 0.29) is 11.0 Å². The summed E-state index contributed by atoms with van der Waals surface area (Å²) in [4.78, 5) is 12.2. The minimum Gasteiger partial charge on any atom is -0.497 e. The van der Waals surface area contributed by atoms with Crippen molar-refractivity contribution in [1.82, 2.24) is 0 Å². The van der Waals surface area contributed by atoms with Gasteiger partial charge in [-0.1, -0.05) is 0 Å². The van der Waals surface area contributed by atoms with Crippen LogP contribution in [0.2, 0.25) is 0 Å². The number of benzene rings is 2. The molecule has 3 rings (SSSR count). The summed E-state index contributed by atoms with van der Waals surface area (Å²) in [5.74, 6) is 0.147. The number of ether oxygens (including phenoxy) is 1. The molecule has 1 aromatic heterocycles. The highest BCUT2D eigenvalue weighted by Crippen LogP contribution is 2.23. The van der Waals surface area contributed by atoms with Gasteiger partial charge in [0.05, 0.1) is 17.9 Å². The average Bonchev–Trinajstić information content (AvgIpc) is 2.38. The Morgan fingerprint density at radius 1 is 1.06 bits per heavy atom. The topological polar surface area (TPSA) is 39.4 Å². The molecule has 0 fully saturated rings. The van der Waals surface area contributed by atoms with Crippen LogP contribution >= 0.6 is 0 Å². The molecule has 0 saturated heterocycles. The lowest BCUT2D eigenvalue weighted by Gasteiger charge is -2.03. The Labute approximate surface area is 101 Å². The molecular formula is C14H9FO3. The molecule has 0 aliphatic carbocycles. The summed E-state index contributed by atoms with van der Waals surface area (Å²) in [5, 5.41) is 0.823. The quantitative estimate of drug-likeness (QED) is 0.617. The molecule has 4 heteroatoms. The Balaban J connectivity index is 2.48. The van der Waals surface area contributed by atoms with Crippen molar-refractivity contribution in [2.75, 3.05) is 7.11 Å². The Morgan fingerprint density at radius 2 is 1.72 bits per heavy atom. The average molecular weight is 244 g/mol. The van der Waals surface area contributed by atoms with Gasteiger partial charge in [0.2, 0.25) is 5.43 Å². The van der Waals surface area contributed by atoms with Gasteiger partial charge in [0.1, 0.15) is 22.7 Å². The van der Waals surface area contributed by atoms with E-state index >= 15 is 0 Å². The van der Waals surface area contributed by atoms with Crippen LogP contribution in [0.3, 0.4) is 0 Å². The summed E-state index contributed by atoms with van der Waals surface area (Å²) in [6.07, 6.45) is 0. The lowest BCUT2D eigenvalue weighted by atomic mass is 10.1. The lowest BCUT2D eigenvalue weighted by Crippen LogP contribution is -2.02. The monoisotopic (exact) mass is 244 g/mol. The summed E-state index contributed by atoms with van der Waals surface area (Å²) in [6, 6.07) is 8.82. The Kier molecular flexibility index (Phi) is 2.30. The van der Waals surface area contributed by atoms with Crippen LogP contribution in [0.15, 0.2) is 45.6 Å². The van der Waals surface area contributed by atoms with Crippen LogP contribution in [0.5, 0.6) is 5.75 Å². The van der Waals surface area contributed by atoms with Gasteiger partial charge in [0, 0.05) is 12.1 Å². The first-order valence-electron chi connectivity index (χ1n) is 5.39. The largest absolute Gasteiger partial charge is 0.497 e. The second-order valence-electron chi connectivity index (χ2n) is 3.93. The Morgan fingerprint density at radius 3 is 2.44 bits per heavy atom. The molecule has 0 amide bonds. The third-order valence-corrected chi connectivity index (χ3v) is 2.84. The zero-order valence-corrected chi connectivity index (χ0v) is 9.57. The molecule has 90 valence electrons. The van der Waals surface area contributed by atoms with E-state index in [1.165, 1.54) is 25.3 Å². The number of fused-ring (bicyclic) bond motifs is 2. The summed E-state index contributed by atoms with van der Waals surface area (Å²) >= 11 is 0. The number of hydrogen-bond acceptors (Lipinski definition) is 3. The maximum Gasteiger partial charge on any atom is 0.200 e. The van der Waals surface area contributed by atoms with Crippen LogP contribution < -0.4 is 10.2 Å². The van der Waals surface area contributed by atoms with Gasteiger partial charge < -0.3 is 9.15 Å². The van der Waals surface area contributed by atoms with E-state index in [0.29, 0.717) is 22.1 Å². The minimum absolute atomic E-state index is 0.172. The van der Waals surface area contributed by atoms with E-state index in [2.05, 4.69) is 0 Å². The van der Waals surface area contributed by atoms with E-state index in [1.807, 2.05) is 0 Å². The van der Waals surface area contributed by atoms with Gasteiger partial charge in [-0.15, -0.1) is 0 Å². The zero-order valence-electron chi connectivity index (χ0n) is 9.57. The first kappa shape index (κ1) is 10.8. The summed E-state index contributed by atoms with van der Waals surface area (Å²) in [7, 11) is 1.53. The second-order valence-corrected chi connectivity index (χ2v) is 3.93. The van der Waals surface area contributed by atoms with Crippen LogP contribution in [0.4, 0.5) is 4.39 Å². The second kappa shape index (κ2) is 3.84. The Hall–Kier alpha value is -2.36. The van der Waals surface area contributed by atoms with Crippen molar-refractivity contribution in [1.29, 1.82) is 0 Å². The van der Waals surface area contributed by atoms with Gasteiger partial charge in [-0.05, 0) is 24.3 Å². The first-order chi connectivity index (χ1) is 8.69. The summed E-state index contributed by atoms with van der Waals surface area (Å²) < 4.78 is 23.7. The van der Waals surface area contributed by atoms with Gasteiger partial charge in [0.15, 0.2) is 0 Å². The standard InChI is InChI=1S/C14H9FO3/c1-17-9-3-5-11-13(7-9)18-12-6-8(15)2-4-10(12)14(11)16/h2-7H,1H3. The van der Waals surface area contributed by atoms with E-state index in [1.54, 1.807) is 18.2 Å². The molecule has 0 bridgehead atoms. The highest BCUT2D eigenvalue weighted by atomic mass is 19.1. The SMILES string of the molecule is COc1ccc2c(=O)c3ccc(F)cc3oc2c1. The molecular weight excluding hydrogens is 235 g/mol. The zero-order chi connectivity index (χ0) is 12.7. The van der Waals surface area contributed by atoms with Crippen molar-refractivity contribution in [3.63, 3.8) is 0 Å². The van der Waals surface area contributed by atoms with E-state index in [4.69, 9.17) is 9.15 Å². The normalized spacial score (nSPS) is 11.0. The van der Waals surface area contributed by atoms with Gasteiger partial charge >= 0.3 is 0 Å². The van der Waals surface area contributed by atoms with Gasteiger partial charge in [-0.25, -0.2) is 4.39 Å². The van der Waals surface area contributed by atoms with Crippen LogP contribution in [0.1, 0.15) is 0 Å². The lowest BCUT2D eigenvalue weighted by molar-refractivity contribution is 0.414. The molecule has 0 aliphatic rings. The molecule has 0 unspecified atom stereocenters. The number of methoxy groups -OCH3 is 1.